The molecule has 0 bridgehead atoms. The highest BCUT2D eigenvalue weighted by molar-refractivity contribution is 7.52. The lowest BCUT2D eigenvalue weighted by atomic mass is 10.0. The van der Waals surface area contributed by atoms with E-state index in [1.54, 1.807) is 37.3 Å². The Balaban J connectivity index is 1.39. The number of alkyl halides is 2. The maximum absolute atomic E-state index is 14.5. The van der Waals surface area contributed by atoms with Gasteiger partial charge in [-0.1, -0.05) is 18.2 Å². The average molecular weight is 628 g/mol. The number of anilines is 2. The van der Waals surface area contributed by atoms with Crippen molar-refractivity contribution in [3.63, 3.8) is 0 Å². The lowest BCUT2D eigenvalue weighted by Crippen LogP contribution is -2.44. The van der Waals surface area contributed by atoms with E-state index in [0.29, 0.717) is 11.3 Å². The number of para-hydroxylation sites is 1. The number of aliphatic hydroxyl groups is 1. The fourth-order valence-electron chi connectivity index (χ4n) is 4.45. The molecular formula is C25H32ClFN7O7P. The van der Waals surface area contributed by atoms with Crippen molar-refractivity contribution in [1.82, 2.24) is 24.6 Å². The molecule has 1 aromatic carbocycles. The third-order valence-electron chi connectivity index (χ3n) is 6.74. The predicted octanol–water partition coefficient (Wildman–Crippen LogP) is 2.93. The van der Waals surface area contributed by atoms with Gasteiger partial charge >= 0.3 is 13.7 Å². The summed E-state index contributed by atoms with van der Waals surface area (Å²) >= 11 is 6.65. The van der Waals surface area contributed by atoms with Crippen molar-refractivity contribution < 1.29 is 37.4 Å². The number of imidazole rings is 1. The number of ether oxygens (including phenoxy) is 2. The number of nitrogens with two attached hydrogens (primary N) is 1. The number of nitrogen functional groups attached to an aromatic ring is 1. The van der Waals surface area contributed by atoms with Gasteiger partial charge in [0.1, 0.15) is 35.5 Å². The van der Waals surface area contributed by atoms with Crippen LogP contribution in [0.1, 0.15) is 32.9 Å². The van der Waals surface area contributed by atoms with Gasteiger partial charge in [-0.05, 0) is 38.8 Å². The van der Waals surface area contributed by atoms with Crippen molar-refractivity contribution in [3.8, 4) is 5.75 Å². The molecule has 17 heteroatoms. The molecule has 1 aliphatic heterocycles. The van der Waals surface area contributed by atoms with E-state index >= 15 is 0 Å². The molecule has 5 rings (SSSR count). The molecule has 2 fully saturated rings. The van der Waals surface area contributed by atoms with Crippen LogP contribution in [0.5, 0.6) is 5.75 Å². The number of aliphatic hydroxyl groups excluding tert-OH is 1. The van der Waals surface area contributed by atoms with Crippen LogP contribution in [0.15, 0.2) is 36.7 Å². The Morgan fingerprint density at radius 1 is 1.36 bits per heavy atom. The first-order chi connectivity index (χ1) is 20.1. The Kier molecular flexibility index (Phi) is 8.88. The summed E-state index contributed by atoms with van der Waals surface area (Å²) in [5, 5.41) is 16.9. The number of benzene rings is 1. The lowest BCUT2D eigenvalue weighted by molar-refractivity contribution is -0.144. The molecule has 2 aliphatic rings. The number of carbonyl (C=O) groups is 1. The minimum Gasteiger partial charge on any atom is -0.465 e. The van der Waals surface area contributed by atoms with Crippen LogP contribution < -0.4 is 20.7 Å². The van der Waals surface area contributed by atoms with Gasteiger partial charge in [0.15, 0.2) is 23.2 Å². The van der Waals surface area contributed by atoms with E-state index in [-0.39, 0.29) is 30.0 Å². The molecule has 1 unspecified atom stereocenters. The molecule has 14 nitrogen and oxygen atoms in total. The smallest absolute Gasteiger partial charge is 0.459 e. The largest absolute Gasteiger partial charge is 0.465 e. The summed E-state index contributed by atoms with van der Waals surface area (Å²) < 4.78 is 51.9. The monoisotopic (exact) mass is 627 g/mol. The number of esters is 1. The highest BCUT2D eigenvalue weighted by Gasteiger charge is 2.57. The molecule has 1 saturated heterocycles. The Hall–Kier alpha value is -3.07. The number of rotatable bonds is 13. The van der Waals surface area contributed by atoms with E-state index in [0.717, 1.165) is 12.8 Å². The molecule has 3 heterocycles. The minimum atomic E-state index is -4.29. The van der Waals surface area contributed by atoms with Crippen molar-refractivity contribution in [1.29, 1.82) is 0 Å². The second-order valence-corrected chi connectivity index (χ2v) is 12.4. The van der Waals surface area contributed by atoms with E-state index in [1.165, 1.54) is 17.8 Å². The second-order valence-electron chi connectivity index (χ2n) is 10.0. The Morgan fingerprint density at radius 3 is 2.76 bits per heavy atom. The third-order valence-corrected chi connectivity index (χ3v) is 8.90. The summed E-state index contributed by atoms with van der Waals surface area (Å²) in [6.45, 7) is 1.40. The van der Waals surface area contributed by atoms with Gasteiger partial charge in [-0.3, -0.25) is 13.9 Å². The van der Waals surface area contributed by atoms with Crippen LogP contribution >= 0.6 is 19.3 Å². The number of fused-ring (bicyclic) bond motifs is 1. The summed E-state index contributed by atoms with van der Waals surface area (Å²) in [6, 6.07) is 7.29. The number of aromatic nitrogens is 4. The van der Waals surface area contributed by atoms with E-state index in [9.17, 15) is 18.9 Å². The Bertz CT molecular complexity index is 1470. The van der Waals surface area contributed by atoms with Crippen molar-refractivity contribution >= 4 is 48.2 Å². The molecule has 6 atom stereocenters. The summed E-state index contributed by atoms with van der Waals surface area (Å²) in [4.78, 5) is 23.1. The molecule has 0 spiro atoms. The zero-order valence-corrected chi connectivity index (χ0v) is 24.5. The maximum atomic E-state index is 14.5. The molecule has 228 valence electrons. The first-order valence-electron chi connectivity index (χ1n) is 13.4. The predicted molar refractivity (Wildman–Crippen MR) is 151 cm³/mol. The third kappa shape index (κ3) is 6.31. The number of nitrogens with zero attached hydrogens (tertiary/aromatic N) is 4. The van der Waals surface area contributed by atoms with Crippen molar-refractivity contribution in [2.75, 3.05) is 30.9 Å². The van der Waals surface area contributed by atoms with Gasteiger partial charge in [0.2, 0.25) is 5.95 Å². The fraction of sp³-hybridized carbons (Fsp3) is 0.520. The zero-order chi connectivity index (χ0) is 30.1. The van der Waals surface area contributed by atoms with E-state index in [4.69, 9.17) is 35.9 Å². The van der Waals surface area contributed by atoms with E-state index in [2.05, 4.69) is 25.4 Å². The minimum absolute atomic E-state index is 0.0490. The highest BCUT2D eigenvalue weighted by Crippen LogP contribution is 2.49. The van der Waals surface area contributed by atoms with Gasteiger partial charge in [-0.2, -0.15) is 15.1 Å². The van der Waals surface area contributed by atoms with Crippen LogP contribution in [0.2, 0.25) is 0 Å². The zero-order valence-electron chi connectivity index (χ0n) is 22.9. The van der Waals surface area contributed by atoms with Gasteiger partial charge in [0.25, 0.3) is 0 Å². The van der Waals surface area contributed by atoms with Crippen LogP contribution in [0.25, 0.3) is 11.2 Å². The van der Waals surface area contributed by atoms with Crippen LogP contribution in [0.3, 0.4) is 0 Å². The Labute approximate surface area is 245 Å². The lowest BCUT2D eigenvalue weighted by Gasteiger charge is -2.27. The van der Waals surface area contributed by atoms with Gasteiger partial charge in [0, 0.05) is 6.04 Å². The summed E-state index contributed by atoms with van der Waals surface area (Å²) in [5.41, 5.74) is 6.51. The molecule has 1 aliphatic carbocycles. The number of carbonyl (C=O) groups excluding carboxylic acids is 1. The average Bonchev–Trinajstić information content (AvgIpc) is 3.62. The molecule has 0 amide bonds. The second kappa shape index (κ2) is 12.3. The molecular weight excluding hydrogens is 596 g/mol. The quantitative estimate of drug-likeness (QED) is 0.123. The SMILES string of the molecule is CCOC(=O)C(C)N[P@@](=O)(OC[C@H]1O[C@@H](n2cnc3c(NC4CC4)nc(N)nc32)[C@@](Cl)(CF)[C@@H]1O)Oc1ccccc1. The summed E-state index contributed by atoms with van der Waals surface area (Å²) in [5.74, 6) is -0.134. The summed E-state index contributed by atoms with van der Waals surface area (Å²) in [6.07, 6.45) is -0.940. The van der Waals surface area contributed by atoms with E-state index < -0.39 is 56.3 Å². The Morgan fingerprint density at radius 2 is 2.10 bits per heavy atom. The number of hydrogen-bond donors (Lipinski definition) is 4. The van der Waals surface area contributed by atoms with E-state index in [1.807, 2.05) is 0 Å². The van der Waals surface area contributed by atoms with Crippen LogP contribution in [-0.4, -0.2) is 79.6 Å². The van der Waals surface area contributed by atoms with Crippen molar-refractivity contribution in [2.45, 2.75) is 62.1 Å². The van der Waals surface area contributed by atoms with Crippen molar-refractivity contribution in [3.05, 3.63) is 36.7 Å². The molecule has 42 heavy (non-hydrogen) atoms. The number of halogens is 2. The molecule has 2 aromatic heterocycles. The molecule has 1 saturated carbocycles. The van der Waals surface area contributed by atoms with Gasteiger partial charge in [-0.25, -0.2) is 13.9 Å². The maximum Gasteiger partial charge on any atom is 0.459 e. The van der Waals surface area contributed by atoms with Crippen molar-refractivity contribution in [2.24, 2.45) is 0 Å². The highest BCUT2D eigenvalue weighted by atomic mass is 35.5. The normalized spacial score (nSPS) is 26.1. The van der Waals surface area contributed by atoms with Gasteiger partial charge in [0.05, 0.1) is 19.5 Å². The topological polar surface area (TPSA) is 185 Å². The number of hydrogen-bond acceptors (Lipinski definition) is 12. The molecule has 5 N–H and O–H groups in total. The van der Waals surface area contributed by atoms with Crippen LogP contribution in [0, 0.1) is 0 Å². The standard InChI is InChI=1S/C25H32ClFN7O7P/c1-3-38-22(36)14(2)33-42(37,41-16-7-5-4-6-8-16)39-11-17-19(35)25(26,12-27)23(40-17)34-13-29-18-20(30-15-9-10-15)31-24(28)32-21(18)34/h4-8,13-15,17,19,23,35H,3,9-12H2,1-2H3,(H,33,37)(H3,28,30,31,32)/t14?,17-,19-,23-,25-,42-/m1/s1. The number of nitrogens with one attached hydrogen (secondary N) is 2. The van der Waals surface area contributed by atoms with Gasteiger partial charge < -0.3 is 30.2 Å². The first-order valence-corrected chi connectivity index (χ1v) is 15.3. The summed E-state index contributed by atoms with van der Waals surface area (Å²) in [7, 11) is -4.29. The molecule has 3 aromatic rings. The molecule has 0 radical (unpaired) electrons. The van der Waals surface area contributed by atoms with Gasteiger partial charge in [-0.15, -0.1) is 11.6 Å². The van der Waals surface area contributed by atoms with Crippen LogP contribution in [-0.2, 0) is 23.4 Å². The fourth-order valence-corrected chi connectivity index (χ4v) is 6.25. The van der Waals surface area contributed by atoms with Crippen LogP contribution in [0.4, 0.5) is 16.2 Å². The first kappa shape index (κ1) is 30.4.